The summed E-state index contributed by atoms with van der Waals surface area (Å²) in [4.78, 5) is 17.5. The molecule has 0 aliphatic carbocycles. The number of carbonyl (C=O) groups excluding carboxylic acids is 1. The Morgan fingerprint density at radius 2 is 1.93 bits per heavy atom. The molecule has 8 heteroatoms. The maximum atomic E-state index is 13.1. The van der Waals surface area contributed by atoms with Crippen LogP contribution in [0.15, 0.2) is 41.4 Å². The summed E-state index contributed by atoms with van der Waals surface area (Å²) in [7, 11) is 0. The summed E-state index contributed by atoms with van der Waals surface area (Å²) in [5.41, 5.74) is 1.72. The van der Waals surface area contributed by atoms with Crippen molar-refractivity contribution < 1.29 is 18.7 Å². The monoisotopic (exact) mass is 418 g/mol. The van der Waals surface area contributed by atoms with Crippen molar-refractivity contribution in [3.05, 3.63) is 52.6 Å². The van der Waals surface area contributed by atoms with Gasteiger partial charge in [0.1, 0.15) is 19.0 Å². The summed E-state index contributed by atoms with van der Waals surface area (Å²) in [6.07, 6.45) is 2.18. The lowest BCUT2D eigenvalue weighted by Gasteiger charge is -2.18. The molecule has 0 unspecified atom stereocenters. The van der Waals surface area contributed by atoms with E-state index in [2.05, 4.69) is 9.56 Å². The fourth-order valence-electron chi connectivity index (χ4n) is 3.01. The minimum Gasteiger partial charge on any atom is -0.486 e. The molecule has 1 aromatic heterocycles. The second-order valence-electron chi connectivity index (χ2n) is 6.30. The largest absolute Gasteiger partial charge is 0.486 e. The van der Waals surface area contributed by atoms with E-state index in [0.717, 1.165) is 39.6 Å². The van der Waals surface area contributed by atoms with Gasteiger partial charge in [-0.3, -0.25) is 4.79 Å². The molecule has 4 rings (SSSR count). The number of benzene rings is 2. The standard InChI is InChI=1S/C20H19FN2O3S2/c1-27-9-6-23-15-11-16-17(26-8-7-25-16)12-18(15)28-20(23)22-19(24)10-13-2-4-14(21)5-3-13/h2-5,11-12H,6-10H2,1H3. The molecule has 1 aliphatic rings. The highest BCUT2D eigenvalue weighted by atomic mass is 32.2. The zero-order valence-electron chi connectivity index (χ0n) is 15.3. The van der Waals surface area contributed by atoms with Crippen molar-refractivity contribution in [2.45, 2.75) is 13.0 Å². The minimum atomic E-state index is -0.319. The van der Waals surface area contributed by atoms with Crippen LogP contribution in [0.2, 0.25) is 0 Å². The molecule has 1 amide bonds. The zero-order chi connectivity index (χ0) is 19.5. The van der Waals surface area contributed by atoms with Crippen molar-refractivity contribution in [1.82, 2.24) is 4.57 Å². The first-order valence-corrected chi connectivity index (χ1v) is 11.1. The minimum absolute atomic E-state index is 0.139. The highest BCUT2D eigenvalue weighted by Gasteiger charge is 2.16. The Hall–Kier alpha value is -2.32. The fraction of sp³-hybridized carbons (Fsp3) is 0.300. The van der Waals surface area contributed by atoms with Gasteiger partial charge in [0.15, 0.2) is 16.3 Å². The molecule has 1 aliphatic heterocycles. The molecule has 0 spiro atoms. The Balaban J connectivity index is 1.72. The first kappa shape index (κ1) is 19.0. The van der Waals surface area contributed by atoms with Crippen LogP contribution in [-0.2, 0) is 17.8 Å². The highest BCUT2D eigenvalue weighted by Crippen LogP contribution is 2.35. The fourth-order valence-corrected chi connectivity index (χ4v) is 4.46. The maximum Gasteiger partial charge on any atom is 0.252 e. The molecular formula is C20H19FN2O3S2. The Bertz CT molecular complexity index is 1070. The Kier molecular flexibility index (Phi) is 5.68. The molecule has 0 fully saturated rings. The van der Waals surface area contributed by atoms with Crippen LogP contribution in [-0.4, -0.2) is 35.7 Å². The average molecular weight is 419 g/mol. The quantitative estimate of drug-likeness (QED) is 0.635. The van der Waals surface area contributed by atoms with Gasteiger partial charge in [-0.1, -0.05) is 23.5 Å². The number of carbonyl (C=O) groups is 1. The number of nitrogens with zero attached hydrogens (tertiary/aromatic N) is 2. The van der Waals surface area contributed by atoms with E-state index >= 15 is 0 Å². The Labute approximate surface area is 169 Å². The zero-order valence-corrected chi connectivity index (χ0v) is 16.9. The molecule has 28 heavy (non-hydrogen) atoms. The van der Waals surface area contributed by atoms with Crippen molar-refractivity contribution in [3.63, 3.8) is 0 Å². The van der Waals surface area contributed by atoms with Crippen LogP contribution in [0.5, 0.6) is 11.5 Å². The Morgan fingerprint density at radius 1 is 1.21 bits per heavy atom. The van der Waals surface area contributed by atoms with Crippen LogP contribution in [0.4, 0.5) is 4.39 Å². The van der Waals surface area contributed by atoms with Crippen LogP contribution in [0.3, 0.4) is 0 Å². The molecule has 0 saturated carbocycles. The summed E-state index contributed by atoms with van der Waals surface area (Å²) in [5.74, 6) is 1.77. The number of amides is 1. The van der Waals surface area contributed by atoms with Gasteiger partial charge in [-0.25, -0.2) is 4.39 Å². The number of hydrogen-bond acceptors (Lipinski definition) is 5. The maximum absolute atomic E-state index is 13.1. The Morgan fingerprint density at radius 3 is 2.64 bits per heavy atom. The third kappa shape index (κ3) is 4.07. The van der Waals surface area contributed by atoms with Crippen molar-refractivity contribution in [2.24, 2.45) is 4.99 Å². The number of aryl methyl sites for hydroxylation is 1. The normalized spacial score (nSPS) is 13.9. The van der Waals surface area contributed by atoms with Gasteiger partial charge in [-0.05, 0) is 24.0 Å². The second-order valence-corrected chi connectivity index (χ2v) is 8.30. The topological polar surface area (TPSA) is 52.8 Å². The van der Waals surface area contributed by atoms with Crippen LogP contribution >= 0.6 is 23.1 Å². The van der Waals surface area contributed by atoms with Crippen molar-refractivity contribution in [3.8, 4) is 11.5 Å². The number of fused-ring (bicyclic) bond motifs is 2. The molecule has 2 aromatic carbocycles. The second kappa shape index (κ2) is 8.36. The molecule has 0 radical (unpaired) electrons. The predicted molar refractivity (Wildman–Crippen MR) is 110 cm³/mol. The molecule has 146 valence electrons. The summed E-state index contributed by atoms with van der Waals surface area (Å²) < 4.78 is 27.5. The van der Waals surface area contributed by atoms with E-state index in [0.29, 0.717) is 18.0 Å². The van der Waals surface area contributed by atoms with Gasteiger partial charge in [-0.2, -0.15) is 16.8 Å². The number of hydrogen-bond donors (Lipinski definition) is 0. The lowest BCUT2D eigenvalue weighted by atomic mass is 10.1. The molecule has 3 aromatic rings. The SMILES string of the molecule is CSCCn1c(=NC(=O)Cc2ccc(F)cc2)sc2cc3c(cc21)OCCO3. The van der Waals surface area contributed by atoms with Crippen LogP contribution in [0, 0.1) is 5.82 Å². The smallest absolute Gasteiger partial charge is 0.252 e. The van der Waals surface area contributed by atoms with Gasteiger partial charge in [0, 0.05) is 24.4 Å². The number of thioether (sulfide) groups is 1. The number of rotatable bonds is 5. The molecule has 0 bridgehead atoms. The van der Waals surface area contributed by atoms with E-state index in [1.807, 2.05) is 18.4 Å². The van der Waals surface area contributed by atoms with E-state index in [4.69, 9.17) is 9.47 Å². The van der Waals surface area contributed by atoms with E-state index < -0.39 is 0 Å². The molecule has 0 saturated heterocycles. The van der Waals surface area contributed by atoms with Crippen LogP contribution in [0.1, 0.15) is 5.56 Å². The lowest BCUT2D eigenvalue weighted by molar-refractivity contribution is -0.117. The van der Waals surface area contributed by atoms with Gasteiger partial charge in [0.25, 0.3) is 5.91 Å². The number of halogens is 1. The highest BCUT2D eigenvalue weighted by molar-refractivity contribution is 7.98. The number of thiazole rings is 1. The molecule has 0 atom stereocenters. The van der Waals surface area contributed by atoms with Crippen LogP contribution in [0.25, 0.3) is 10.2 Å². The molecule has 0 N–H and O–H groups in total. The lowest BCUT2D eigenvalue weighted by Crippen LogP contribution is -2.19. The summed E-state index contributed by atoms with van der Waals surface area (Å²) in [6, 6.07) is 9.84. The van der Waals surface area contributed by atoms with E-state index in [-0.39, 0.29) is 18.1 Å². The first-order valence-electron chi connectivity index (χ1n) is 8.88. The van der Waals surface area contributed by atoms with Crippen molar-refractivity contribution >= 4 is 39.2 Å². The average Bonchev–Trinajstić information content (AvgIpc) is 3.02. The molecular weight excluding hydrogens is 399 g/mol. The van der Waals surface area contributed by atoms with Crippen LogP contribution < -0.4 is 14.3 Å². The van der Waals surface area contributed by atoms with Crippen molar-refractivity contribution in [1.29, 1.82) is 0 Å². The van der Waals surface area contributed by atoms with Gasteiger partial charge < -0.3 is 14.0 Å². The molecule has 5 nitrogen and oxygen atoms in total. The van der Waals surface area contributed by atoms with Gasteiger partial charge in [0.05, 0.1) is 16.6 Å². The van der Waals surface area contributed by atoms with E-state index in [9.17, 15) is 9.18 Å². The third-order valence-electron chi connectivity index (χ3n) is 4.35. The first-order chi connectivity index (χ1) is 13.6. The summed E-state index contributed by atoms with van der Waals surface area (Å²) in [5, 5.41) is 0. The van der Waals surface area contributed by atoms with E-state index in [1.54, 1.807) is 23.9 Å². The summed E-state index contributed by atoms with van der Waals surface area (Å²) in [6.45, 7) is 1.80. The molecule has 2 heterocycles. The summed E-state index contributed by atoms with van der Waals surface area (Å²) >= 11 is 3.19. The van der Waals surface area contributed by atoms with Gasteiger partial charge in [-0.15, -0.1) is 0 Å². The van der Waals surface area contributed by atoms with E-state index in [1.165, 1.54) is 23.5 Å². The number of ether oxygens (including phenoxy) is 2. The predicted octanol–water partition coefficient (Wildman–Crippen LogP) is 3.65. The van der Waals surface area contributed by atoms with Crippen molar-refractivity contribution in [2.75, 3.05) is 25.2 Å². The van der Waals surface area contributed by atoms with Gasteiger partial charge in [0.2, 0.25) is 0 Å². The number of aromatic nitrogens is 1. The third-order valence-corrected chi connectivity index (χ3v) is 5.99. The van der Waals surface area contributed by atoms with Gasteiger partial charge >= 0.3 is 0 Å².